The molecule has 0 saturated carbocycles. The zero-order valence-electron chi connectivity index (χ0n) is 15.1. The highest BCUT2D eigenvalue weighted by molar-refractivity contribution is 5.99. The number of amides is 2. The van der Waals surface area contributed by atoms with Crippen LogP contribution < -0.4 is 15.4 Å². The molecule has 0 radical (unpaired) electrons. The van der Waals surface area contributed by atoms with Crippen molar-refractivity contribution in [3.05, 3.63) is 60.4 Å². The van der Waals surface area contributed by atoms with E-state index < -0.39 is 12.1 Å². The Balaban J connectivity index is 1.55. The van der Waals surface area contributed by atoms with Gasteiger partial charge in [0.15, 0.2) is 6.10 Å². The summed E-state index contributed by atoms with van der Waals surface area (Å²) in [5, 5.41) is 16.8. The molecular weight excluding hydrogens is 360 g/mol. The molecule has 0 unspecified atom stereocenters. The summed E-state index contributed by atoms with van der Waals surface area (Å²) in [5.74, 6) is 0.0607. The Bertz CT molecular complexity index is 990. The second-order valence-electron chi connectivity index (χ2n) is 6.44. The van der Waals surface area contributed by atoms with Gasteiger partial charge < -0.3 is 15.4 Å². The van der Waals surface area contributed by atoms with E-state index in [0.29, 0.717) is 23.5 Å². The first-order valence-electron chi connectivity index (χ1n) is 8.79. The molecule has 4 rings (SSSR count). The van der Waals surface area contributed by atoms with E-state index in [9.17, 15) is 9.59 Å². The van der Waals surface area contributed by atoms with Crippen LogP contribution in [0.1, 0.15) is 18.5 Å². The molecular formula is C19H18N6O3. The fourth-order valence-electron chi connectivity index (χ4n) is 2.97. The number of hydrogen-bond acceptors (Lipinski definition) is 6. The van der Waals surface area contributed by atoms with Gasteiger partial charge in [-0.2, -0.15) is 0 Å². The zero-order chi connectivity index (χ0) is 19.5. The number of carbonyl (C=O) groups excluding carboxylic acids is 2. The largest absolute Gasteiger partial charge is 0.479 e. The van der Waals surface area contributed by atoms with Crippen LogP contribution in [0.5, 0.6) is 5.75 Å². The van der Waals surface area contributed by atoms with Crippen molar-refractivity contribution in [3.8, 4) is 5.75 Å². The molecule has 0 fully saturated rings. The van der Waals surface area contributed by atoms with Gasteiger partial charge in [0.2, 0.25) is 5.91 Å². The van der Waals surface area contributed by atoms with E-state index in [-0.39, 0.29) is 11.8 Å². The van der Waals surface area contributed by atoms with Crippen molar-refractivity contribution in [1.29, 1.82) is 0 Å². The number of anilines is 2. The van der Waals surface area contributed by atoms with Crippen LogP contribution >= 0.6 is 0 Å². The first-order valence-corrected chi connectivity index (χ1v) is 8.79. The molecule has 2 heterocycles. The molecule has 0 spiro atoms. The van der Waals surface area contributed by atoms with Crippen LogP contribution in [-0.2, 0) is 16.0 Å². The molecule has 9 nitrogen and oxygen atoms in total. The number of hydrogen-bond donors (Lipinski definition) is 2. The number of carbonyl (C=O) groups is 2. The maximum Gasteiger partial charge on any atom is 0.265 e. The Hall–Kier alpha value is -3.75. The van der Waals surface area contributed by atoms with Crippen LogP contribution in [0.3, 0.4) is 0 Å². The van der Waals surface area contributed by atoms with Crippen LogP contribution in [0.2, 0.25) is 0 Å². The van der Waals surface area contributed by atoms with E-state index in [4.69, 9.17) is 4.74 Å². The van der Waals surface area contributed by atoms with Crippen molar-refractivity contribution in [2.24, 2.45) is 0 Å². The topological polar surface area (TPSA) is 111 Å². The summed E-state index contributed by atoms with van der Waals surface area (Å²) >= 11 is 0. The molecule has 2 atom stereocenters. The fraction of sp³-hybridized carbons (Fsp3) is 0.211. The van der Waals surface area contributed by atoms with Gasteiger partial charge in [0, 0.05) is 12.1 Å². The maximum absolute atomic E-state index is 13.0. The maximum atomic E-state index is 13.0. The van der Waals surface area contributed by atoms with E-state index in [1.807, 2.05) is 30.3 Å². The molecule has 0 bridgehead atoms. The minimum atomic E-state index is -0.626. The molecule has 0 aliphatic carbocycles. The predicted octanol–water partition coefficient (Wildman–Crippen LogP) is 1.81. The number of ether oxygens (including phenoxy) is 1. The van der Waals surface area contributed by atoms with Gasteiger partial charge in [-0.05, 0) is 41.1 Å². The normalized spacial score (nSPS) is 16.5. The number of aromatic nitrogens is 4. The second-order valence-corrected chi connectivity index (χ2v) is 6.44. The number of nitrogens with one attached hydrogen (secondary N) is 2. The molecule has 1 aliphatic rings. The molecule has 1 aromatic heterocycles. The summed E-state index contributed by atoms with van der Waals surface area (Å²) in [4.78, 5) is 24.8. The van der Waals surface area contributed by atoms with Crippen molar-refractivity contribution in [2.45, 2.75) is 25.5 Å². The smallest absolute Gasteiger partial charge is 0.265 e. The van der Waals surface area contributed by atoms with Crippen molar-refractivity contribution in [2.75, 3.05) is 10.6 Å². The average Bonchev–Trinajstić information content (AvgIpc) is 3.22. The van der Waals surface area contributed by atoms with Gasteiger partial charge in [-0.3, -0.25) is 9.59 Å². The third kappa shape index (κ3) is 3.68. The molecule has 142 valence electrons. The average molecular weight is 378 g/mol. The molecule has 2 N–H and O–H groups in total. The van der Waals surface area contributed by atoms with Crippen LogP contribution in [0.25, 0.3) is 0 Å². The van der Waals surface area contributed by atoms with Crippen molar-refractivity contribution in [1.82, 2.24) is 20.2 Å². The Morgan fingerprint density at radius 3 is 2.86 bits per heavy atom. The first-order chi connectivity index (χ1) is 13.6. The van der Waals surface area contributed by atoms with Crippen LogP contribution in [-0.4, -0.2) is 38.1 Å². The highest BCUT2D eigenvalue weighted by Gasteiger charge is 2.25. The molecule has 1 aliphatic heterocycles. The second kappa shape index (κ2) is 7.47. The molecule has 28 heavy (non-hydrogen) atoms. The van der Waals surface area contributed by atoms with Gasteiger partial charge in [0.1, 0.15) is 18.1 Å². The van der Waals surface area contributed by atoms with E-state index >= 15 is 0 Å². The Labute approximate surface area is 160 Å². The van der Waals surface area contributed by atoms with E-state index in [2.05, 4.69) is 26.2 Å². The van der Waals surface area contributed by atoms with Gasteiger partial charge >= 0.3 is 0 Å². The summed E-state index contributed by atoms with van der Waals surface area (Å²) in [6.45, 7) is 1.67. The summed E-state index contributed by atoms with van der Waals surface area (Å²) in [7, 11) is 0. The zero-order valence-corrected chi connectivity index (χ0v) is 15.1. The Morgan fingerprint density at radius 2 is 2.11 bits per heavy atom. The summed E-state index contributed by atoms with van der Waals surface area (Å²) < 4.78 is 6.96. The standard InChI is InChI=1S/C19H18N6O3/c1-12-18(26)22-15-10-14(7-8-17(15)28-12)21-19(27)16(25-11-20-23-24-25)9-13-5-3-2-4-6-13/h2-8,10-12,16H,9H2,1H3,(H,21,27)(H,22,26)/t12-,16+/m1/s1. The number of nitrogens with zero attached hydrogens (tertiary/aromatic N) is 4. The van der Waals surface area contributed by atoms with Crippen molar-refractivity contribution >= 4 is 23.2 Å². The van der Waals surface area contributed by atoms with Crippen LogP contribution in [0.15, 0.2) is 54.9 Å². The van der Waals surface area contributed by atoms with Gasteiger partial charge in [-0.1, -0.05) is 30.3 Å². The molecule has 9 heteroatoms. The van der Waals surface area contributed by atoms with E-state index in [0.717, 1.165) is 5.56 Å². The molecule has 0 saturated heterocycles. The quantitative estimate of drug-likeness (QED) is 0.701. The van der Waals surface area contributed by atoms with E-state index in [1.165, 1.54) is 11.0 Å². The lowest BCUT2D eigenvalue weighted by molar-refractivity contribution is -0.122. The van der Waals surface area contributed by atoms with Crippen LogP contribution in [0.4, 0.5) is 11.4 Å². The minimum Gasteiger partial charge on any atom is -0.479 e. The Kier molecular flexibility index (Phi) is 4.71. The van der Waals surface area contributed by atoms with Gasteiger partial charge in [0.25, 0.3) is 5.91 Å². The first kappa shape index (κ1) is 17.7. The lowest BCUT2D eigenvalue weighted by atomic mass is 10.1. The lowest BCUT2D eigenvalue weighted by Gasteiger charge is -2.24. The highest BCUT2D eigenvalue weighted by Crippen LogP contribution is 2.32. The Morgan fingerprint density at radius 1 is 1.29 bits per heavy atom. The number of fused-ring (bicyclic) bond motifs is 1. The monoisotopic (exact) mass is 378 g/mol. The third-order valence-electron chi connectivity index (χ3n) is 4.44. The molecule has 2 amide bonds. The highest BCUT2D eigenvalue weighted by atomic mass is 16.5. The third-order valence-corrected chi connectivity index (χ3v) is 4.44. The van der Waals surface area contributed by atoms with Gasteiger partial charge in [0.05, 0.1) is 5.69 Å². The van der Waals surface area contributed by atoms with Crippen LogP contribution in [0, 0.1) is 0 Å². The predicted molar refractivity (Wildman–Crippen MR) is 101 cm³/mol. The van der Waals surface area contributed by atoms with Crippen molar-refractivity contribution < 1.29 is 14.3 Å². The molecule has 3 aromatic rings. The van der Waals surface area contributed by atoms with Gasteiger partial charge in [-0.15, -0.1) is 5.10 Å². The van der Waals surface area contributed by atoms with E-state index in [1.54, 1.807) is 25.1 Å². The SMILES string of the molecule is C[C@H]1Oc2ccc(NC(=O)[C@H](Cc3ccccc3)n3cnnn3)cc2NC1=O. The summed E-state index contributed by atoms with van der Waals surface area (Å²) in [6.07, 6.45) is 1.29. The van der Waals surface area contributed by atoms with Gasteiger partial charge in [-0.25, -0.2) is 4.68 Å². The lowest BCUT2D eigenvalue weighted by Crippen LogP contribution is -2.34. The fourth-order valence-corrected chi connectivity index (χ4v) is 2.97. The van der Waals surface area contributed by atoms with Crippen molar-refractivity contribution in [3.63, 3.8) is 0 Å². The summed E-state index contributed by atoms with van der Waals surface area (Å²) in [5.41, 5.74) is 2.04. The summed E-state index contributed by atoms with van der Waals surface area (Å²) in [6, 6.07) is 14.1. The minimum absolute atomic E-state index is 0.230. The number of rotatable bonds is 5. The number of benzene rings is 2. The molecule has 2 aromatic carbocycles. The number of tetrazole rings is 1.